The summed E-state index contributed by atoms with van der Waals surface area (Å²) in [5.41, 5.74) is 13.1. The molecule has 4 heteroatoms. The molecule has 2 rings (SSSR count). The third-order valence-electron chi connectivity index (χ3n) is 2.28. The summed E-state index contributed by atoms with van der Waals surface area (Å²) in [5.74, 6) is 0.534. The fraction of sp³-hybridized carbons (Fsp3) is 0. The van der Waals surface area contributed by atoms with Gasteiger partial charge in [-0.3, -0.25) is 5.41 Å². The molecule has 0 radical (unpaired) electrons. The number of hydrogen-bond donors (Lipinski definition) is 3. The predicted molar refractivity (Wildman–Crippen MR) is 69.2 cm³/mol. The summed E-state index contributed by atoms with van der Waals surface area (Å²) in [5, 5.41) is 7.84. The van der Waals surface area contributed by atoms with Crippen LogP contribution in [0.25, 0.3) is 0 Å². The average Bonchev–Trinajstić information content (AvgIpc) is 2.29. The Kier molecular flexibility index (Phi) is 2.96. The fourth-order valence-electron chi connectivity index (χ4n) is 1.45. The van der Waals surface area contributed by atoms with Crippen molar-refractivity contribution in [2.24, 2.45) is 0 Å². The van der Waals surface area contributed by atoms with Crippen LogP contribution in [-0.4, -0.2) is 5.90 Å². The summed E-state index contributed by atoms with van der Waals surface area (Å²) in [4.78, 5) is 0. The zero-order valence-corrected chi connectivity index (χ0v) is 9.18. The van der Waals surface area contributed by atoms with Crippen LogP contribution in [0.2, 0.25) is 0 Å². The normalized spacial score (nSPS) is 9.88. The minimum atomic E-state index is 0.00806. The van der Waals surface area contributed by atoms with Crippen LogP contribution in [-0.2, 0) is 0 Å². The molecule has 0 aromatic heterocycles. The molecule has 0 unspecified atom stereocenters. The molecule has 0 aliphatic carbocycles. The van der Waals surface area contributed by atoms with E-state index in [1.807, 2.05) is 12.1 Å². The van der Waals surface area contributed by atoms with Crippen molar-refractivity contribution in [2.45, 2.75) is 0 Å². The van der Waals surface area contributed by atoms with Gasteiger partial charge in [0.25, 0.3) is 0 Å². The minimum absolute atomic E-state index is 0.00806. The van der Waals surface area contributed by atoms with Crippen LogP contribution in [0.4, 0.5) is 11.4 Å². The van der Waals surface area contributed by atoms with Gasteiger partial charge in [-0.2, -0.15) is 0 Å². The van der Waals surface area contributed by atoms with E-state index in [2.05, 4.69) is 0 Å². The zero-order chi connectivity index (χ0) is 12.3. The van der Waals surface area contributed by atoms with Crippen molar-refractivity contribution in [3.63, 3.8) is 0 Å². The van der Waals surface area contributed by atoms with Crippen molar-refractivity contribution in [1.29, 1.82) is 5.41 Å². The SMILES string of the molecule is N=C(Oc1cccc(N)c1)c1ccccc1N. The first-order chi connectivity index (χ1) is 8.16. The molecule has 4 nitrogen and oxygen atoms in total. The molecule has 5 N–H and O–H groups in total. The maximum Gasteiger partial charge on any atom is 0.221 e. The van der Waals surface area contributed by atoms with E-state index < -0.39 is 0 Å². The number of rotatable bonds is 2. The lowest BCUT2D eigenvalue weighted by molar-refractivity contribution is 0.548. The van der Waals surface area contributed by atoms with Gasteiger partial charge in [0.15, 0.2) is 0 Å². The van der Waals surface area contributed by atoms with Crippen molar-refractivity contribution in [3.05, 3.63) is 54.1 Å². The summed E-state index contributed by atoms with van der Waals surface area (Å²) in [6.45, 7) is 0. The van der Waals surface area contributed by atoms with Gasteiger partial charge in [0.1, 0.15) is 5.75 Å². The Morgan fingerprint density at radius 2 is 1.76 bits per heavy atom. The molecule has 0 heterocycles. The number of nitrogen functional groups attached to an aromatic ring is 2. The smallest absolute Gasteiger partial charge is 0.221 e. The second kappa shape index (κ2) is 4.57. The highest BCUT2D eigenvalue weighted by Gasteiger charge is 2.07. The van der Waals surface area contributed by atoms with E-state index in [0.717, 1.165) is 0 Å². The molecule has 0 saturated heterocycles. The van der Waals surface area contributed by atoms with Gasteiger partial charge in [-0.15, -0.1) is 0 Å². The number of para-hydroxylation sites is 1. The van der Waals surface area contributed by atoms with Crippen LogP contribution < -0.4 is 16.2 Å². The Bertz CT molecular complexity index is 552. The van der Waals surface area contributed by atoms with Gasteiger partial charge in [0.05, 0.1) is 5.56 Å². The highest BCUT2D eigenvalue weighted by Crippen LogP contribution is 2.18. The number of ether oxygens (including phenoxy) is 1. The lowest BCUT2D eigenvalue weighted by Crippen LogP contribution is -2.11. The van der Waals surface area contributed by atoms with Gasteiger partial charge in [-0.05, 0) is 24.3 Å². The molecule has 86 valence electrons. The minimum Gasteiger partial charge on any atom is -0.439 e. The van der Waals surface area contributed by atoms with Crippen LogP contribution in [0, 0.1) is 5.41 Å². The summed E-state index contributed by atoms with van der Waals surface area (Å²) in [6.07, 6.45) is 0. The standard InChI is InChI=1S/C13H13N3O/c14-9-4-3-5-10(8-9)17-13(16)11-6-1-2-7-12(11)15/h1-8,16H,14-15H2. The second-order valence-corrected chi connectivity index (χ2v) is 3.59. The van der Waals surface area contributed by atoms with E-state index in [1.54, 1.807) is 36.4 Å². The molecule has 17 heavy (non-hydrogen) atoms. The van der Waals surface area contributed by atoms with Gasteiger partial charge in [-0.25, -0.2) is 0 Å². The first kappa shape index (κ1) is 11.0. The van der Waals surface area contributed by atoms with Crippen molar-refractivity contribution >= 4 is 17.3 Å². The molecule has 0 saturated carbocycles. The van der Waals surface area contributed by atoms with Gasteiger partial charge in [0, 0.05) is 17.4 Å². The van der Waals surface area contributed by atoms with Crippen molar-refractivity contribution in [1.82, 2.24) is 0 Å². The molecular weight excluding hydrogens is 214 g/mol. The van der Waals surface area contributed by atoms with Crippen molar-refractivity contribution < 1.29 is 4.74 Å². The van der Waals surface area contributed by atoms with Gasteiger partial charge in [0.2, 0.25) is 5.90 Å². The quantitative estimate of drug-likeness (QED) is 0.418. The molecule has 0 spiro atoms. The summed E-state index contributed by atoms with van der Waals surface area (Å²) in [7, 11) is 0. The molecule has 0 fully saturated rings. The Morgan fingerprint density at radius 1 is 1.00 bits per heavy atom. The Hall–Kier alpha value is -2.49. The van der Waals surface area contributed by atoms with E-state index in [-0.39, 0.29) is 5.90 Å². The Morgan fingerprint density at radius 3 is 2.47 bits per heavy atom. The molecule has 0 amide bonds. The van der Waals surface area contributed by atoms with Crippen LogP contribution in [0.15, 0.2) is 48.5 Å². The number of anilines is 2. The Labute approximate surface area is 99.3 Å². The lowest BCUT2D eigenvalue weighted by atomic mass is 10.2. The maximum atomic E-state index is 7.84. The number of benzene rings is 2. The molecule has 2 aromatic rings. The predicted octanol–water partition coefficient (Wildman–Crippen LogP) is 2.26. The van der Waals surface area contributed by atoms with E-state index in [0.29, 0.717) is 22.7 Å². The molecule has 0 aliphatic rings. The third kappa shape index (κ3) is 2.55. The zero-order valence-electron chi connectivity index (χ0n) is 9.18. The molecule has 2 aromatic carbocycles. The maximum absolute atomic E-state index is 7.84. The van der Waals surface area contributed by atoms with E-state index in [9.17, 15) is 0 Å². The summed E-state index contributed by atoms with van der Waals surface area (Å²) < 4.78 is 5.39. The fourth-order valence-corrected chi connectivity index (χ4v) is 1.45. The van der Waals surface area contributed by atoms with Gasteiger partial charge in [-0.1, -0.05) is 18.2 Å². The van der Waals surface area contributed by atoms with Gasteiger partial charge >= 0.3 is 0 Å². The Balaban J connectivity index is 2.20. The first-order valence-corrected chi connectivity index (χ1v) is 5.13. The largest absolute Gasteiger partial charge is 0.439 e. The summed E-state index contributed by atoms with van der Waals surface area (Å²) >= 11 is 0. The van der Waals surface area contributed by atoms with E-state index >= 15 is 0 Å². The first-order valence-electron chi connectivity index (χ1n) is 5.13. The highest BCUT2D eigenvalue weighted by molar-refractivity contribution is 5.98. The molecular formula is C13H13N3O. The average molecular weight is 227 g/mol. The highest BCUT2D eigenvalue weighted by atomic mass is 16.5. The topological polar surface area (TPSA) is 85.1 Å². The van der Waals surface area contributed by atoms with Crippen molar-refractivity contribution in [3.8, 4) is 5.75 Å². The number of nitrogens with one attached hydrogen (secondary N) is 1. The molecule has 0 atom stereocenters. The van der Waals surface area contributed by atoms with Crippen LogP contribution in [0.1, 0.15) is 5.56 Å². The van der Waals surface area contributed by atoms with Crippen LogP contribution >= 0.6 is 0 Å². The van der Waals surface area contributed by atoms with Crippen molar-refractivity contribution in [2.75, 3.05) is 11.5 Å². The number of hydrogen-bond acceptors (Lipinski definition) is 4. The molecule has 0 bridgehead atoms. The lowest BCUT2D eigenvalue weighted by Gasteiger charge is -2.09. The van der Waals surface area contributed by atoms with E-state index in [1.165, 1.54) is 0 Å². The monoisotopic (exact) mass is 227 g/mol. The summed E-state index contributed by atoms with van der Waals surface area (Å²) in [6, 6.07) is 14.0. The molecule has 0 aliphatic heterocycles. The number of nitrogens with two attached hydrogens (primary N) is 2. The third-order valence-corrected chi connectivity index (χ3v) is 2.28. The van der Waals surface area contributed by atoms with Crippen LogP contribution in [0.5, 0.6) is 5.75 Å². The second-order valence-electron chi connectivity index (χ2n) is 3.59. The van der Waals surface area contributed by atoms with E-state index in [4.69, 9.17) is 21.6 Å². The van der Waals surface area contributed by atoms with Gasteiger partial charge < -0.3 is 16.2 Å². The van der Waals surface area contributed by atoms with Crippen LogP contribution in [0.3, 0.4) is 0 Å².